The maximum absolute atomic E-state index is 13.9. The van der Waals surface area contributed by atoms with Crippen molar-refractivity contribution >= 4 is 0 Å². The summed E-state index contributed by atoms with van der Waals surface area (Å²) in [5.74, 6) is 0.732. The van der Waals surface area contributed by atoms with Crippen molar-refractivity contribution in [2.24, 2.45) is 5.92 Å². The SMILES string of the molecule is CCCC(CNCC(C)C)Oc1cccc(C)c1F. The van der Waals surface area contributed by atoms with E-state index in [0.29, 0.717) is 17.2 Å². The molecule has 0 aromatic heterocycles. The van der Waals surface area contributed by atoms with Crippen molar-refractivity contribution < 1.29 is 9.13 Å². The fourth-order valence-electron chi connectivity index (χ4n) is 1.95. The van der Waals surface area contributed by atoms with Gasteiger partial charge in [-0.15, -0.1) is 0 Å². The molecule has 0 bridgehead atoms. The lowest BCUT2D eigenvalue weighted by atomic mass is 10.1. The predicted molar refractivity (Wildman–Crippen MR) is 78.2 cm³/mol. The smallest absolute Gasteiger partial charge is 0.167 e. The Morgan fingerprint density at radius 1 is 1.26 bits per heavy atom. The largest absolute Gasteiger partial charge is 0.486 e. The van der Waals surface area contributed by atoms with Gasteiger partial charge in [-0.1, -0.05) is 39.3 Å². The minimum absolute atomic E-state index is 0.0278. The molecule has 1 N–H and O–H groups in total. The van der Waals surface area contributed by atoms with Crippen molar-refractivity contribution in [2.75, 3.05) is 13.1 Å². The van der Waals surface area contributed by atoms with Crippen LogP contribution >= 0.6 is 0 Å². The van der Waals surface area contributed by atoms with Gasteiger partial charge in [0.15, 0.2) is 11.6 Å². The Hall–Kier alpha value is -1.09. The summed E-state index contributed by atoms with van der Waals surface area (Å²) in [5.41, 5.74) is 0.628. The van der Waals surface area contributed by atoms with Gasteiger partial charge in [-0.3, -0.25) is 0 Å². The monoisotopic (exact) mass is 267 g/mol. The molecule has 0 saturated carbocycles. The van der Waals surface area contributed by atoms with Crippen LogP contribution in [0.4, 0.5) is 4.39 Å². The highest BCUT2D eigenvalue weighted by Crippen LogP contribution is 2.21. The van der Waals surface area contributed by atoms with Gasteiger partial charge in [0.25, 0.3) is 0 Å². The second-order valence-electron chi connectivity index (χ2n) is 5.47. The van der Waals surface area contributed by atoms with E-state index in [1.54, 1.807) is 19.1 Å². The third-order valence-electron chi connectivity index (χ3n) is 2.99. The van der Waals surface area contributed by atoms with Crippen LogP contribution in [-0.4, -0.2) is 19.2 Å². The number of rotatable bonds is 8. The van der Waals surface area contributed by atoms with Gasteiger partial charge in [-0.25, -0.2) is 4.39 Å². The van der Waals surface area contributed by atoms with E-state index in [1.807, 2.05) is 6.07 Å². The Bertz CT molecular complexity index is 379. The van der Waals surface area contributed by atoms with E-state index in [4.69, 9.17) is 4.74 Å². The van der Waals surface area contributed by atoms with Gasteiger partial charge in [0.2, 0.25) is 0 Å². The Balaban J connectivity index is 2.59. The molecule has 108 valence electrons. The summed E-state index contributed by atoms with van der Waals surface area (Å²) in [5, 5.41) is 3.38. The number of halogens is 1. The zero-order valence-electron chi connectivity index (χ0n) is 12.5. The summed E-state index contributed by atoms with van der Waals surface area (Å²) in [6.45, 7) is 9.94. The number of aryl methyl sites for hydroxylation is 1. The molecule has 0 radical (unpaired) electrons. The first kappa shape index (κ1) is 16.0. The number of hydrogen-bond acceptors (Lipinski definition) is 2. The molecule has 0 aliphatic heterocycles. The molecule has 1 rings (SSSR count). The standard InChI is InChI=1S/C16H26FNO/c1-5-7-14(11-18-10-12(2)3)19-15-9-6-8-13(4)16(15)17/h6,8-9,12,14,18H,5,7,10-11H2,1-4H3. The van der Waals surface area contributed by atoms with E-state index < -0.39 is 0 Å². The molecule has 0 fully saturated rings. The molecule has 0 spiro atoms. The van der Waals surface area contributed by atoms with Crippen molar-refractivity contribution in [2.45, 2.75) is 46.6 Å². The molecule has 1 aromatic rings. The lowest BCUT2D eigenvalue weighted by Crippen LogP contribution is -2.33. The first-order chi connectivity index (χ1) is 9.04. The van der Waals surface area contributed by atoms with Gasteiger partial charge in [0.1, 0.15) is 6.10 Å². The average molecular weight is 267 g/mol. The second-order valence-corrected chi connectivity index (χ2v) is 5.47. The summed E-state index contributed by atoms with van der Waals surface area (Å²) < 4.78 is 19.7. The van der Waals surface area contributed by atoms with Gasteiger partial charge < -0.3 is 10.1 Å². The zero-order chi connectivity index (χ0) is 14.3. The van der Waals surface area contributed by atoms with Crippen molar-refractivity contribution in [3.63, 3.8) is 0 Å². The zero-order valence-corrected chi connectivity index (χ0v) is 12.5. The molecule has 1 unspecified atom stereocenters. The molecule has 2 nitrogen and oxygen atoms in total. The highest BCUT2D eigenvalue weighted by molar-refractivity contribution is 5.30. The molecule has 0 saturated heterocycles. The van der Waals surface area contributed by atoms with Crippen LogP contribution in [0, 0.1) is 18.7 Å². The lowest BCUT2D eigenvalue weighted by molar-refractivity contribution is 0.177. The van der Waals surface area contributed by atoms with Crippen molar-refractivity contribution in [1.29, 1.82) is 0 Å². The maximum atomic E-state index is 13.9. The van der Waals surface area contributed by atoms with Crippen LogP contribution in [-0.2, 0) is 0 Å². The first-order valence-electron chi connectivity index (χ1n) is 7.17. The van der Waals surface area contributed by atoms with Crippen LogP contribution in [0.5, 0.6) is 5.75 Å². The maximum Gasteiger partial charge on any atom is 0.167 e. The second kappa shape index (κ2) is 8.16. The fraction of sp³-hybridized carbons (Fsp3) is 0.625. The summed E-state index contributed by atoms with van der Waals surface area (Å²) in [6.07, 6.45) is 1.99. The summed E-state index contributed by atoms with van der Waals surface area (Å²) in [6, 6.07) is 5.29. The Kier molecular flexibility index (Phi) is 6.85. The number of nitrogens with one attached hydrogen (secondary N) is 1. The number of benzene rings is 1. The Morgan fingerprint density at radius 2 is 2.00 bits per heavy atom. The Morgan fingerprint density at radius 3 is 2.63 bits per heavy atom. The van der Waals surface area contributed by atoms with E-state index in [1.165, 1.54) is 0 Å². The van der Waals surface area contributed by atoms with Crippen LogP contribution < -0.4 is 10.1 Å². The van der Waals surface area contributed by atoms with E-state index in [2.05, 4.69) is 26.1 Å². The van der Waals surface area contributed by atoms with Crippen LogP contribution in [0.25, 0.3) is 0 Å². The van der Waals surface area contributed by atoms with Crippen molar-refractivity contribution in [1.82, 2.24) is 5.32 Å². The predicted octanol–water partition coefficient (Wildman–Crippen LogP) is 3.93. The minimum atomic E-state index is -0.243. The molecule has 1 atom stereocenters. The molecule has 0 heterocycles. The molecular formula is C16H26FNO. The fourth-order valence-corrected chi connectivity index (χ4v) is 1.95. The summed E-state index contributed by atoms with van der Waals surface area (Å²) in [4.78, 5) is 0. The molecule has 0 aliphatic rings. The summed E-state index contributed by atoms with van der Waals surface area (Å²) in [7, 11) is 0. The number of hydrogen-bond donors (Lipinski definition) is 1. The first-order valence-corrected chi connectivity index (χ1v) is 7.17. The highest BCUT2D eigenvalue weighted by atomic mass is 19.1. The van der Waals surface area contributed by atoms with Crippen molar-refractivity contribution in [3.8, 4) is 5.75 Å². The van der Waals surface area contributed by atoms with Crippen LogP contribution in [0.2, 0.25) is 0 Å². The quantitative estimate of drug-likeness (QED) is 0.770. The van der Waals surface area contributed by atoms with Gasteiger partial charge in [0, 0.05) is 6.54 Å². The average Bonchev–Trinajstić information content (AvgIpc) is 2.34. The minimum Gasteiger partial charge on any atom is -0.486 e. The molecule has 0 aliphatic carbocycles. The molecule has 0 amide bonds. The molecule has 19 heavy (non-hydrogen) atoms. The Labute approximate surface area is 116 Å². The third kappa shape index (κ3) is 5.60. The van der Waals surface area contributed by atoms with Crippen LogP contribution in [0.15, 0.2) is 18.2 Å². The van der Waals surface area contributed by atoms with Crippen LogP contribution in [0.1, 0.15) is 39.2 Å². The molecular weight excluding hydrogens is 241 g/mol. The third-order valence-corrected chi connectivity index (χ3v) is 2.99. The van der Waals surface area contributed by atoms with E-state index >= 15 is 0 Å². The van der Waals surface area contributed by atoms with Gasteiger partial charge in [-0.05, 0) is 37.4 Å². The highest BCUT2D eigenvalue weighted by Gasteiger charge is 2.13. The lowest BCUT2D eigenvalue weighted by Gasteiger charge is -2.20. The van der Waals surface area contributed by atoms with E-state index in [9.17, 15) is 4.39 Å². The normalized spacial score (nSPS) is 12.7. The topological polar surface area (TPSA) is 21.3 Å². The number of ether oxygens (including phenoxy) is 1. The summed E-state index contributed by atoms with van der Waals surface area (Å²) >= 11 is 0. The van der Waals surface area contributed by atoms with Gasteiger partial charge in [-0.2, -0.15) is 0 Å². The van der Waals surface area contributed by atoms with E-state index in [0.717, 1.165) is 25.9 Å². The molecule has 3 heteroatoms. The van der Waals surface area contributed by atoms with Gasteiger partial charge in [0.05, 0.1) is 0 Å². The molecule has 1 aromatic carbocycles. The van der Waals surface area contributed by atoms with Gasteiger partial charge >= 0.3 is 0 Å². The van der Waals surface area contributed by atoms with Crippen LogP contribution in [0.3, 0.4) is 0 Å². The van der Waals surface area contributed by atoms with Crippen molar-refractivity contribution in [3.05, 3.63) is 29.6 Å². The van der Waals surface area contributed by atoms with E-state index in [-0.39, 0.29) is 11.9 Å².